The molecular weight excluding hydrogens is 455 g/mol. The van der Waals surface area contributed by atoms with Crippen LogP contribution < -0.4 is 0 Å². The minimum atomic E-state index is -0.0530. The molecule has 168 valence electrons. The van der Waals surface area contributed by atoms with E-state index in [0.717, 1.165) is 24.0 Å². The minimum absolute atomic E-state index is 0.0530. The monoisotopic (exact) mass is 478 g/mol. The number of nitrogens with zero attached hydrogens (tertiary/aromatic N) is 3. The first-order valence-corrected chi connectivity index (χ1v) is 11.9. The number of para-hydroxylation sites is 1. The van der Waals surface area contributed by atoms with Crippen molar-refractivity contribution in [3.63, 3.8) is 0 Å². The van der Waals surface area contributed by atoms with Crippen LogP contribution in [-0.2, 0) is 6.42 Å². The van der Waals surface area contributed by atoms with Gasteiger partial charge in [0.1, 0.15) is 5.82 Å². The molecule has 0 spiro atoms. The van der Waals surface area contributed by atoms with E-state index in [1.54, 1.807) is 18.3 Å². The van der Waals surface area contributed by atoms with Crippen LogP contribution in [0.5, 0.6) is 0 Å². The van der Waals surface area contributed by atoms with Gasteiger partial charge in [-0.25, -0.2) is 9.97 Å². The van der Waals surface area contributed by atoms with Crippen LogP contribution >= 0.6 is 23.2 Å². The zero-order valence-electron chi connectivity index (χ0n) is 18.3. The van der Waals surface area contributed by atoms with Gasteiger partial charge in [-0.2, -0.15) is 0 Å². The number of rotatable bonds is 7. The molecule has 0 atom stereocenters. The normalized spacial score (nSPS) is 13.4. The fourth-order valence-corrected chi connectivity index (χ4v) is 4.44. The van der Waals surface area contributed by atoms with Gasteiger partial charge < -0.3 is 9.88 Å². The first kappa shape index (κ1) is 21.9. The summed E-state index contributed by atoms with van der Waals surface area (Å²) < 4.78 is 0. The van der Waals surface area contributed by atoms with Crippen LogP contribution in [-0.4, -0.2) is 38.8 Å². The predicted octanol–water partition coefficient (Wildman–Crippen LogP) is 6.34. The number of aryl methyl sites for hydroxylation is 1. The van der Waals surface area contributed by atoms with Crippen molar-refractivity contribution < 1.29 is 4.79 Å². The lowest BCUT2D eigenvalue weighted by Gasteiger charge is -2.24. The summed E-state index contributed by atoms with van der Waals surface area (Å²) in [6, 6.07) is 13.6. The van der Waals surface area contributed by atoms with Crippen LogP contribution in [0.2, 0.25) is 10.0 Å². The van der Waals surface area contributed by atoms with Gasteiger partial charge in [0, 0.05) is 41.9 Å². The summed E-state index contributed by atoms with van der Waals surface area (Å²) in [4.78, 5) is 28.0. The van der Waals surface area contributed by atoms with E-state index in [9.17, 15) is 4.79 Å². The summed E-state index contributed by atoms with van der Waals surface area (Å²) >= 11 is 12.4. The maximum absolute atomic E-state index is 13.8. The quantitative estimate of drug-likeness (QED) is 0.337. The second-order valence-corrected chi connectivity index (χ2v) is 9.43. The Bertz CT molecular complexity index is 1330. The smallest absolute Gasteiger partial charge is 0.257 e. The van der Waals surface area contributed by atoms with Crippen LogP contribution in [0.3, 0.4) is 0 Å². The first-order chi connectivity index (χ1) is 16.0. The molecule has 0 aliphatic heterocycles. The Hall–Kier alpha value is -2.89. The number of hydrogen-bond donors (Lipinski definition) is 1. The van der Waals surface area contributed by atoms with Gasteiger partial charge in [0.2, 0.25) is 0 Å². The van der Waals surface area contributed by atoms with Crippen molar-refractivity contribution in [1.82, 2.24) is 19.9 Å². The third-order valence-electron chi connectivity index (χ3n) is 6.12. The van der Waals surface area contributed by atoms with Gasteiger partial charge in [0.15, 0.2) is 0 Å². The first-order valence-electron chi connectivity index (χ1n) is 11.1. The summed E-state index contributed by atoms with van der Waals surface area (Å²) in [6.07, 6.45) is 6.79. The van der Waals surface area contributed by atoms with Crippen LogP contribution in [0.4, 0.5) is 0 Å². The summed E-state index contributed by atoms with van der Waals surface area (Å²) in [5.74, 6) is 1.11. The number of aromatic nitrogens is 3. The van der Waals surface area contributed by atoms with E-state index in [1.807, 2.05) is 36.2 Å². The Kier molecular flexibility index (Phi) is 6.09. The van der Waals surface area contributed by atoms with E-state index in [0.29, 0.717) is 39.6 Å². The van der Waals surface area contributed by atoms with E-state index in [2.05, 4.69) is 27.1 Å². The lowest BCUT2D eigenvalue weighted by Crippen LogP contribution is -2.35. The summed E-state index contributed by atoms with van der Waals surface area (Å²) in [5, 5.41) is 2.10. The van der Waals surface area contributed by atoms with E-state index < -0.39 is 0 Å². The van der Waals surface area contributed by atoms with Crippen LogP contribution in [0.15, 0.2) is 54.9 Å². The molecule has 0 unspecified atom stereocenters. The van der Waals surface area contributed by atoms with Gasteiger partial charge in [-0.1, -0.05) is 47.5 Å². The van der Waals surface area contributed by atoms with Crippen molar-refractivity contribution in [2.75, 3.05) is 13.1 Å². The molecule has 1 fully saturated rings. The average Bonchev–Trinajstić information content (AvgIpc) is 3.55. The Morgan fingerprint density at radius 3 is 2.76 bits per heavy atom. The molecule has 0 saturated heterocycles. The zero-order chi connectivity index (χ0) is 22.9. The number of halogens is 2. The SMILES string of the molecule is Cc1ncc(C(=O)N(CCc2c[nH]c3ccccc23)CC2CC2)c(-c2ccc(Cl)c(Cl)c2)n1. The molecule has 0 bridgehead atoms. The number of fused-ring (bicyclic) bond motifs is 1. The maximum atomic E-state index is 13.8. The molecule has 2 heterocycles. The van der Waals surface area contributed by atoms with E-state index in [-0.39, 0.29) is 5.91 Å². The number of nitrogens with one attached hydrogen (secondary N) is 1. The molecule has 1 aliphatic carbocycles. The van der Waals surface area contributed by atoms with Gasteiger partial charge in [-0.3, -0.25) is 4.79 Å². The molecule has 1 saturated carbocycles. The Morgan fingerprint density at radius 1 is 1.15 bits per heavy atom. The van der Waals surface area contributed by atoms with E-state index in [1.165, 1.54) is 23.8 Å². The number of hydrogen-bond acceptors (Lipinski definition) is 3. The summed E-state index contributed by atoms with van der Waals surface area (Å²) in [6.45, 7) is 3.19. The number of aromatic amines is 1. The second-order valence-electron chi connectivity index (χ2n) is 8.61. The van der Waals surface area contributed by atoms with Crippen molar-refractivity contribution in [2.24, 2.45) is 5.92 Å². The van der Waals surface area contributed by atoms with Gasteiger partial charge >= 0.3 is 0 Å². The maximum Gasteiger partial charge on any atom is 0.257 e. The largest absolute Gasteiger partial charge is 0.361 e. The number of benzene rings is 2. The standard InChI is InChI=1S/C26H24Cl2N4O/c1-16-29-14-21(25(31-16)18-8-9-22(27)23(28)12-18)26(33)32(15-17-6-7-17)11-10-19-13-30-24-5-3-2-4-20(19)24/h2-5,8-9,12-14,17,30H,6-7,10-11,15H2,1H3. The van der Waals surface area contributed by atoms with E-state index in [4.69, 9.17) is 23.2 Å². The number of carbonyl (C=O) groups is 1. The second kappa shape index (κ2) is 9.16. The molecule has 1 amide bonds. The highest BCUT2D eigenvalue weighted by molar-refractivity contribution is 6.42. The molecule has 7 heteroatoms. The van der Waals surface area contributed by atoms with E-state index >= 15 is 0 Å². The zero-order valence-corrected chi connectivity index (χ0v) is 19.8. The number of amides is 1. The van der Waals surface area contributed by atoms with Gasteiger partial charge in [-0.05, 0) is 55.9 Å². The van der Waals surface area contributed by atoms with Crippen molar-refractivity contribution in [3.8, 4) is 11.3 Å². The Balaban J connectivity index is 1.45. The molecular formula is C26H24Cl2N4O. The van der Waals surface area contributed by atoms with Gasteiger partial charge in [0.05, 0.1) is 21.3 Å². The molecule has 4 aromatic rings. The van der Waals surface area contributed by atoms with Crippen molar-refractivity contribution >= 4 is 40.0 Å². The average molecular weight is 479 g/mol. The molecule has 33 heavy (non-hydrogen) atoms. The van der Waals surface area contributed by atoms with Gasteiger partial charge in [0.25, 0.3) is 5.91 Å². The number of H-pyrrole nitrogens is 1. The molecule has 5 rings (SSSR count). The minimum Gasteiger partial charge on any atom is -0.361 e. The molecule has 1 N–H and O–H groups in total. The third kappa shape index (κ3) is 4.75. The lowest BCUT2D eigenvalue weighted by atomic mass is 10.0. The number of carbonyl (C=O) groups excluding carboxylic acids is 1. The summed E-state index contributed by atoms with van der Waals surface area (Å²) in [5.41, 5.74) is 4.14. The van der Waals surface area contributed by atoms with Crippen LogP contribution in [0.25, 0.3) is 22.2 Å². The van der Waals surface area contributed by atoms with Crippen molar-refractivity contribution in [1.29, 1.82) is 0 Å². The molecule has 2 aromatic carbocycles. The van der Waals surface area contributed by atoms with Crippen molar-refractivity contribution in [2.45, 2.75) is 26.2 Å². The predicted molar refractivity (Wildman–Crippen MR) is 133 cm³/mol. The molecule has 0 radical (unpaired) electrons. The highest BCUT2D eigenvalue weighted by atomic mass is 35.5. The van der Waals surface area contributed by atoms with Crippen LogP contribution in [0.1, 0.15) is 34.6 Å². The highest BCUT2D eigenvalue weighted by Gasteiger charge is 2.29. The van der Waals surface area contributed by atoms with Crippen molar-refractivity contribution in [3.05, 3.63) is 81.9 Å². The third-order valence-corrected chi connectivity index (χ3v) is 6.86. The molecule has 1 aliphatic rings. The molecule has 5 nitrogen and oxygen atoms in total. The topological polar surface area (TPSA) is 61.9 Å². The Morgan fingerprint density at radius 2 is 1.97 bits per heavy atom. The fourth-order valence-electron chi connectivity index (χ4n) is 4.14. The molecule has 2 aromatic heterocycles. The fraction of sp³-hybridized carbons (Fsp3) is 0.269. The lowest BCUT2D eigenvalue weighted by molar-refractivity contribution is 0.0749. The van der Waals surface area contributed by atoms with Crippen LogP contribution in [0, 0.1) is 12.8 Å². The highest BCUT2D eigenvalue weighted by Crippen LogP contribution is 2.33. The van der Waals surface area contributed by atoms with Gasteiger partial charge in [-0.15, -0.1) is 0 Å². The Labute approximate surface area is 202 Å². The summed E-state index contributed by atoms with van der Waals surface area (Å²) in [7, 11) is 0.